The van der Waals surface area contributed by atoms with Crippen molar-refractivity contribution in [2.45, 2.75) is 45.6 Å². The minimum absolute atomic E-state index is 0.0101. The SMILES string of the molecule is CC(C)Oc1ncccc1CNC(=O)[C@H]1Oc2ccccc2O[C@@H]1C. The zero-order chi connectivity index (χ0) is 17.8. The summed E-state index contributed by atoms with van der Waals surface area (Å²) in [5.74, 6) is 1.52. The lowest BCUT2D eigenvalue weighted by Crippen LogP contribution is -2.48. The molecule has 2 atom stereocenters. The van der Waals surface area contributed by atoms with Crippen LogP contribution in [-0.2, 0) is 11.3 Å². The Morgan fingerprint density at radius 3 is 2.64 bits per heavy atom. The van der Waals surface area contributed by atoms with Gasteiger partial charge in [-0.05, 0) is 39.0 Å². The molecule has 3 rings (SSSR count). The average Bonchev–Trinajstić information content (AvgIpc) is 2.59. The lowest BCUT2D eigenvalue weighted by atomic mass is 10.1. The highest BCUT2D eigenvalue weighted by atomic mass is 16.6. The molecule has 1 amide bonds. The van der Waals surface area contributed by atoms with Crippen LogP contribution in [0.5, 0.6) is 17.4 Å². The third-order valence-electron chi connectivity index (χ3n) is 3.75. The third-order valence-corrected chi connectivity index (χ3v) is 3.75. The van der Waals surface area contributed by atoms with Gasteiger partial charge in [0.05, 0.1) is 6.10 Å². The molecule has 1 aliphatic rings. The molecule has 1 aromatic carbocycles. The molecule has 0 fully saturated rings. The number of hydrogen-bond donors (Lipinski definition) is 1. The molecular weight excluding hydrogens is 320 g/mol. The monoisotopic (exact) mass is 342 g/mol. The fraction of sp³-hybridized carbons (Fsp3) is 0.368. The molecule has 2 heterocycles. The van der Waals surface area contributed by atoms with Crippen LogP contribution in [0.1, 0.15) is 26.3 Å². The molecule has 2 aromatic rings. The summed E-state index contributed by atoms with van der Waals surface area (Å²) in [4.78, 5) is 16.8. The van der Waals surface area contributed by atoms with Crippen LogP contribution in [0.2, 0.25) is 0 Å². The average molecular weight is 342 g/mol. The fourth-order valence-corrected chi connectivity index (χ4v) is 2.58. The molecule has 132 valence electrons. The maximum absolute atomic E-state index is 12.5. The largest absolute Gasteiger partial charge is 0.482 e. The highest BCUT2D eigenvalue weighted by molar-refractivity contribution is 5.82. The maximum Gasteiger partial charge on any atom is 0.265 e. The van der Waals surface area contributed by atoms with E-state index in [4.69, 9.17) is 14.2 Å². The van der Waals surface area contributed by atoms with E-state index in [1.807, 2.05) is 51.1 Å². The Hall–Kier alpha value is -2.76. The smallest absolute Gasteiger partial charge is 0.265 e. The number of para-hydroxylation sites is 2. The Bertz CT molecular complexity index is 748. The molecule has 0 saturated carbocycles. The number of nitrogens with zero attached hydrogens (tertiary/aromatic N) is 1. The lowest BCUT2D eigenvalue weighted by molar-refractivity contribution is -0.133. The number of fused-ring (bicyclic) bond motifs is 1. The van der Waals surface area contributed by atoms with Crippen LogP contribution in [0.3, 0.4) is 0 Å². The summed E-state index contributed by atoms with van der Waals surface area (Å²) in [5.41, 5.74) is 0.814. The van der Waals surface area contributed by atoms with Crippen molar-refractivity contribution in [1.29, 1.82) is 0 Å². The molecule has 25 heavy (non-hydrogen) atoms. The van der Waals surface area contributed by atoms with Gasteiger partial charge in [0.15, 0.2) is 11.5 Å². The molecule has 0 bridgehead atoms. The van der Waals surface area contributed by atoms with Gasteiger partial charge in [-0.3, -0.25) is 4.79 Å². The fourth-order valence-electron chi connectivity index (χ4n) is 2.58. The molecule has 1 aromatic heterocycles. The first-order valence-electron chi connectivity index (χ1n) is 8.35. The van der Waals surface area contributed by atoms with Crippen molar-refractivity contribution in [3.05, 3.63) is 48.2 Å². The van der Waals surface area contributed by atoms with Gasteiger partial charge >= 0.3 is 0 Å². The van der Waals surface area contributed by atoms with E-state index in [0.29, 0.717) is 23.9 Å². The second kappa shape index (κ2) is 7.42. The van der Waals surface area contributed by atoms with Gasteiger partial charge in [0.2, 0.25) is 12.0 Å². The number of nitrogens with one attached hydrogen (secondary N) is 1. The summed E-state index contributed by atoms with van der Waals surface area (Å²) in [6, 6.07) is 11.0. The molecule has 0 spiro atoms. The van der Waals surface area contributed by atoms with Crippen LogP contribution in [0.25, 0.3) is 0 Å². The van der Waals surface area contributed by atoms with E-state index in [-0.39, 0.29) is 18.1 Å². The van der Waals surface area contributed by atoms with Gasteiger partial charge < -0.3 is 19.5 Å². The number of ether oxygens (including phenoxy) is 3. The lowest BCUT2D eigenvalue weighted by Gasteiger charge is -2.31. The summed E-state index contributed by atoms with van der Waals surface area (Å²) >= 11 is 0. The Morgan fingerprint density at radius 2 is 1.92 bits per heavy atom. The van der Waals surface area contributed by atoms with Crippen molar-refractivity contribution >= 4 is 5.91 Å². The first kappa shape index (κ1) is 17.1. The van der Waals surface area contributed by atoms with Gasteiger partial charge in [0.1, 0.15) is 6.10 Å². The Morgan fingerprint density at radius 1 is 1.20 bits per heavy atom. The van der Waals surface area contributed by atoms with E-state index >= 15 is 0 Å². The molecule has 6 nitrogen and oxygen atoms in total. The van der Waals surface area contributed by atoms with Crippen LogP contribution < -0.4 is 19.5 Å². The molecular formula is C19H22N2O4. The van der Waals surface area contributed by atoms with Crippen LogP contribution >= 0.6 is 0 Å². The molecule has 0 saturated heterocycles. The first-order valence-corrected chi connectivity index (χ1v) is 8.35. The summed E-state index contributed by atoms with van der Waals surface area (Å²) in [6.45, 7) is 5.99. The second-order valence-corrected chi connectivity index (χ2v) is 6.16. The van der Waals surface area contributed by atoms with E-state index in [9.17, 15) is 4.79 Å². The van der Waals surface area contributed by atoms with Crippen molar-refractivity contribution in [2.24, 2.45) is 0 Å². The van der Waals surface area contributed by atoms with Crippen LogP contribution in [0, 0.1) is 0 Å². The number of rotatable bonds is 5. The standard InChI is InChI=1S/C19H22N2O4/c1-12(2)23-19-14(7-6-10-20-19)11-21-18(22)17-13(3)24-15-8-4-5-9-16(15)25-17/h4-10,12-13,17H,11H2,1-3H3,(H,21,22)/t13-,17+/m1/s1. The minimum Gasteiger partial charge on any atom is -0.482 e. The van der Waals surface area contributed by atoms with Gasteiger partial charge in [-0.25, -0.2) is 4.98 Å². The van der Waals surface area contributed by atoms with Crippen LogP contribution in [0.15, 0.2) is 42.6 Å². The highest BCUT2D eigenvalue weighted by Gasteiger charge is 2.33. The van der Waals surface area contributed by atoms with Crippen molar-refractivity contribution in [3.8, 4) is 17.4 Å². The number of pyridine rings is 1. The van der Waals surface area contributed by atoms with E-state index in [1.165, 1.54) is 0 Å². The quantitative estimate of drug-likeness (QED) is 0.905. The topological polar surface area (TPSA) is 69.7 Å². The van der Waals surface area contributed by atoms with Crippen molar-refractivity contribution in [2.75, 3.05) is 0 Å². The Balaban J connectivity index is 1.66. The summed E-state index contributed by atoms with van der Waals surface area (Å²) in [6.07, 6.45) is 0.590. The van der Waals surface area contributed by atoms with Crippen molar-refractivity contribution < 1.29 is 19.0 Å². The first-order chi connectivity index (χ1) is 12.0. The highest BCUT2D eigenvalue weighted by Crippen LogP contribution is 2.33. The van der Waals surface area contributed by atoms with E-state index < -0.39 is 6.10 Å². The van der Waals surface area contributed by atoms with Crippen molar-refractivity contribution in [3.63, 3.8) is 0 Å². The normalized spacial score (nSPS) is 18.7. The van der Waals surface area contributed by atoms with Crippen LogP contribution in [0.4, 0.5) is 0 Å². The third kappa shape index (κ3) is 4.02. The number of amides is 1. The predicted octanol–water partition coefficient (Wildman–Crippen LogP) is 2.71. The number of benzene rings is 1. The second-order valence-electron chi connectivity index (χ2n) is 6.16. The number of aromatic nitrogens is 1. The predicted molar refractivity (Wildman–Crippen MR) is 92.8 cm³/mol. The Labute approximate surface area is 147 Å². The van der Waals surface area contributed by atoms with Gasteiger partial charge in [0.25, 0.3) is 5.91 Å². The summed E-state index contributed by atoms with van der Waals surface area (Å²) in [7, 11) is 0. The van der Waals surface area contributed by atoms with Gasteiger partial charge in [0, 0.05) is 18.3 Å². The maximum atomic E-state index is 12.5. The molecule has 6 heteroatoms. The van der Waals surface area contributed by atoms with Gasteiger partial charge in [-0.1, -0.05) is 18.2 Å². The van der Waals surface area contributed by atoms with Gasteiger partial charge in [-0.15, -0.1) is 0 Å². The molecule has 1 aliphatic heterocycles. The van der Waals surface area contributed by atoms with E-state index in [0.717, 1.165) is 5.56 Å². The van der Waals surface area contributed by atoms with Gasteiger partial charge in [-0.2, -0.15) is 0 Å². The van der Waals surface area contributed by atoms with Crippen molar-refractivity contribution in [1.82, 2.24) is 10.3 Å². The number of hydrogen-bond acceptors (Lipinski definition) is 5. The minimum atomic E-state index is -0.707. The zero-order valence-corrected chi connectivity index (χ0v) is 14.6. The number of carbonyl (C=O) groups excluding carboxylic acids is 1. The summed E-state index contributed by atoms with van der Waals surface area (Å²) in [5, 5.41) is 2.88. The number of carbonyl (C=O) groups is 1. The molecule has 0 unspecified atom stereocenters. The zero-order valence-electron chi connectivity index (χ0n) is 14.6. The van der Waals surface area contributed by atoms with E-state index in [1.54, 1.807) is 12.3 Å². The van der Waals surface area contributed by atoms with Crippen LogP contribution in [-0.4, -0.2) is 29.2 Å². The Kier molecular flexibility index (Phi) is 5.07. The summed E-state index contributed by atoms with van der Waals surface area (Å²) < 4.78 is 17.2. The molecule has 0 radical (unpaired) electrons. The molecule has 1 N–H and O–H groups in total. The molecule has 0 aliphatic carbocycles. The van der Waals surface area contributed by atoms with E-state index in [2.05, 4.69) is 10.3 Å².